The molecule has 0 radical (unpaired) electrons. The summed E-state index contributed by atoms with van der Waals surface area (Å²) in [7, 11) is 2.05. The molecule has 3 aromatic rings. The van der Waals surface area contributed by atoms with Crippen LogP contribution in [0.5, 0.6) is 0 Å². The summed E-state index contributed by atoms with van der Waals surface area (Å²) < 4.78 is 0. The highest BCUT2D eigenvalue weighted by molar-refractivity contribution is 6.31. The van der Waals surface area contributed by atoms with E-state index in [0.717, 1.165) is 60.0 Å². The molecule has 1 aliphatic carbocycles. The largest absolute Gasteiger partial charge is 0.359 e. The first-order valence-electron chi connectivity index (χ1n) is 8.94. The number of nitrogens with two attached hydrogens (primary N) is 1. The van der Waals surface area contributed by atoms with Crippen molar-refractivity contribution in [2.75, 3.05) is 18.5 Å². The molecule has 4 rings (SSSR count). The van der Waals surface area contributed by atoms with Gasteiger partial charge in [-0.2, -0.15) is 0 Å². The molecule has 1 saturated carbocycles. The summed E-state index contributed by atoms with van der Waals surface area (Å²) in [6.07, 6.45) is 2.83. The van der Waals surface area contributed by atoms with Gasteiger partial charge in [0.2, 0.25) is 0 Å². The smallest absolute Gasteiger partial charge is 0.132 e. The van der Waals surface area contributed by atoms with Crippen molar-refractivity contribution < 1.29 is 0 Å². The van der Waals surface area contributed by atoms with E-state index in [1.807, 2.05) is 25.1 Å². The van der Waals surface area contributed by atoms with Crippen LogP contribution in [-0.4, -0.2) is 39.6 Å². The summed E-state index contributed by atoms with van der Waals surface area (Å²) in [4.78, 5) is 19.3. The molecule has 2 aromatic heterocycles. The molecule has 1 aromatic carbocycles. The molecule has 0 aliphatic heterocycles. The number of fused-ring (bicyclic) bond motifs is 1. The summed E-state index contributed by atoms with van der Waals surface area (Å²) in [5.41, 5.74) is 8.94. The highest BCUT2D eigenvalue weighted by Crippen LogP contribution is 2.35. The zero-order valence-corrected chi connectivity index (χ0v) is 18.2. The topological polar surface area (TPSA) is 83.7 Å². The van der Waals surface area contributed by atoms with Crippen molar-refractivity contribution >= 4 is 53.3 Å². The van der Waals surface area contributed by atoms with E-state index < -0.39 is 0 Å². The first-order chi connectivity index (χ1) is 12.5. The van der Waals surface area contributed by atoms with E-state index in [1.165, 1.54) is 0 Å². The molecule has 0 spiro atoms. The second kappa shape index (κ2) is 9.27. The van der Waals surface area contributed by atoms with Crippen LogP contribution in [0.1, 0.15) is 36.1 Å². The molecule has 1 aliphatic rings. The zero-order valence-electron chi connectivity index (χ0n) is 15.9. The molecule has 2 heterocycles. The number of hydrogen-bond acceptors (Lipinski definition) is 5. The molecular formula is C19H25Cl3N6. The van der Waals surface area contributed by atoms with Crippen LogP contribution in [0.25, 0.3) is 11.0 Å². The van der Waals surface area contributed by atoms with Crippen LogP contribution in [-0.2, 0) is 6.42 Å². The van der Waals surface area contributed by atoms with E-state index in [-0.39, 0.29) is 24.8 Å². The highest BCUT2D eigenvalue weighted by Gasteiger charge is 2.29. The molecule has 28 heavy (non-hydrogen) atoms. The number of nitrogens with one attached hydrogen (secondary N) is 1. The van der Waals surface area contributed by atoms with Crippen molar-refractivity contribution in [1.82, 2.24) is 19.9 Å². The molecule has 0 bridgehead atoms. The third-order valence-electron chi connectivity index (χ3n) is 5.01. The average Bonchev–Trinajstić information content (AvgIpc) is 2.98. The fraction of sp³-hybridized carbons (Fsp3) is 0.421. The fourth-order valence-electron chi connectivity index (χ4n) is 3.42. The van der Waals surface area contributed by atoms with Gasteiger partial charge in [0.25, 0.3) is 0 Å². The van der Waals surface area contributed by atoms with Crippen molar-refractivity contribution in [1.29, 1.82) is 0 Å². The number of anilines is 1. The quantitative estimate of drug-likeness (QED) is 0.621. The minimum Gasteiger partial charge on any atom is -0.359 e. The predicted molar refractivity (Wildman–Crippen MR) is 119 cm³/mol. The Morgan fingerprint density at radius 2 is 1.93 bits per heavy atom. The van der Waals surface area contributed by atoms with Crippen LogP contribution in [0.4, 0.5) is 5.82 Å². The first kappa shape index (κ1) is 22.7. The van der Waals surface area contributed by atoms with Gasteiger partial charge in [-0.25, -0.2) is 15.0 Å². The van der Waals surface area contributed by atoms with E-state index >= 15 is 0 Å². The lowest BCUT2D eigenvalue weighted by atomic mass is 9.78. The van der Waals surface area contributed by atoms with Crippen molar-refractivity contribution in [2.24, 2.45) is 5.73 Å². The van der Waals surface area contributed by atoms with Gasteiger partial charge in [-0.15, -0.1) is 24.8 Å². The normalized spacial score (nSPS) is 18.1. The Morgan fingerprint density at radius 1 is 1.18 bits per heavy atom. The lowest BCUT2D eigenvalue weighted by Crippen LogP contribution is -2.35. The Balaban J connectivity index is 0.00000140. The summed E-state index contributed by atoms with van der Waals surface area (Å²) in [6, 6.07) is 8.11. The van der Waals surface area contributed by atoms with Crippen molar-refractivity contribution in [3.63, 3.8) is 0 Å². The van der Waals surface area contributed by atoms with E-state index in [2.05, 4.69) is 37.9 Å². The number of H-pyrrole nitrogens is 1. The van der Waals surface area contributed by atoms with E-state index in [9.17, 15) is 0 Å². The lowest BCUT2D eigenvalue weighted by molar-refractivity contribution is 0.344. The molecule has 152 valence electrons. The van der Waals surface area contributed by atoms with Crippen molar-refractivity contribution in [3.05, 3.63) is 46.6 Å². The van der Waals surface area contributed by atoms with Gasteiger partial charge < -0.3 is 15.6 Å². The highest BCUT2D eigenvalue weighted by atomic mass is 35.5. The zero-order chi connectivity index (χ0) is 18.3. The van der Waals surface area contributed by atoms with Crippen LogP contribution in [0.15, 0.2) is 24.3 Å². The summed E-state index contributed by atoms with van der Waals surface area (Å²) in [5.74, 6) is 3.18. The Bertz CT molecular complexity index is 939. The maximum atomic E-state index is 6.04. The maximum absolute atomic E-state index is 6.04. The molecule has 0 atom stereocenters. The molecule has 1 fully saturated rings. The Morgan fingerprint density at radius 3 is 2.64 bits per heavy atom. The molecule has 0 saturated heterocycles. The van der Waals surface area contributed by atoms with Gasteiger partial charge in [-0.1, -0.05) is 11.6 Å². The van der Waals surface area contributed by atoms with Gasteiger partial charge in [-0.05, 0) is 38.0 Å². The number of rotatable bonds is 5. The summed E-state index contributed by atoms with van der Waals surface area (Å²) in [6.45, 7) is 2.76. The van der Waals surface area contributed by atoms with Crippen molar-refractivity contribution in [3.8, 4) is 0 Å². The van der Waals surface area contributed by atoms with Crippen LogP contribution in [0, 0.1) is 6.92 Å². The van der Waals surface area contributed by atoms with Gasteiger partial charge in [0.1, 0.15) is 17.5 Å². The van der Waals surface area contributed by atoms with Crippen molar-refractivity contribution in [2.45, 2.75) is 38.1 Å². The standard InChI is InChI=1S/C19H23ClN6.2ClH/c1-11-22-16(12-7-14(21)8-12)10-19(23-11)26(2)6-5-18-24-15-4-3-13(20)9-17(15)25-18;;/h3-4,9-10,12,14H,5-8,21H2,1-2H3,(H,24,25);2*1H. The second-order valence-corrected chi connectivity index (χ2v) is 7.58. The third-order valence-corrected chi connectivity index (χ3v) is 5.24. The van der Waals surface area contributed by atoms with Gasteiger partial charge in [0.05, 0.1) is 11.0 Å². The molecule has 3 N–H and O–H groups in total. The van der Waals surface area contributed by atoms with Gasteiger partial charge in [0, 0.05) is 48.8 Å². The Kier molecular flexibility index (Phi) is 7.51. The summed E-state index contributed by atoms with van der Waals surface area (Å²) >= 11 is 6.04. The number of aromatic nitrogens is 4. The van der Waals surface area contributed by atoms with E-state index in [1.54, 1.807) is 0 Å². The number of halogens is 3. The molecule has 6 nitrogen and oxygen atoms in total. The second-order valence-electron chi connectivity index (χ2n) is 7.14. The van der Waals surface area contributed by atoms with E-state index in [0.29, 0.717) is 17.0 Å². The van der Waals surface area contributed by atoms with E-state index in [4.69, 9.17) is 17.3 Å². The molecular weight excluding hydrogens is 419 g/mol. The van der Waals surface area contributed by atoms with Crippen LogP contribution in [0.3, 0.4) is 0 Å². The third kappa shape index (κ3) is 4.87. The first-order valence-corrected chi connectivity index (χ1v) is 9.32. The minimum absolute atomic E-state index is 0. The van der Waals surface area contributed by atoms with Gasteiger partial charge >= 0.3 is 0 Å². The van der Waals surface area contributed by atoms with Crippen LogP contribution in [0.2, 0.25) is 5.02 Å². The number of hydrogen-bond donors (Lipinski definition) is 2. The molecule has 0 unspecified atom stereocenters. The number of aromatic amines is 1. The lowest BCUT2D eigenvalue weighted by Gasteiger charge is -2.32. The number of aryl methyl sites for hydroxylation is 1. The Labute approximate surface area is 182 Å². The van der Waals surface area contributed by atoms with Crippen LogP contribution < -0.4 is 10.6 Å². The average molecular weight is 444 g/mol. The predicted octanol–water partition coefficient (Wildman–Crippen LogP) is 4.04. The number of benzene rings is 1. The monoisotopic (exact) mass is 442 g/mol. The molecule has 0 amide bonds. The summed E-state index contributed by atoms with van der Waals surface area (Å²) in [5, 5.41) is 0.713. The van der Waals surface area contributed by atoms with Crippen LogP contribution >= 0.6 is 36.4 Å². The number of nitrogens with zero attached hydrogens (tertiary/aromatic N) is 4. The fourth-order valence-corrected chi connectivity index (χ4v) is 3.60. The number of imidazole rings is 1. The number of likely N-dealkylation sites (N-methyl/N-ethyl adjacent to an activating group) is 1. The maximum Gasteiger partial charge on any atom is 0.132 e. The molecule has 9 heteroatoms. The SMILES string of the molecule is Cc1nc(C2CC(N)C2)cc(N(C)CCc2nc3ccc(Cl)cc3[nH]2)n1.Cl.Cl. The van der Waals surface area contributed by atoms with Gasteiger partial charge in [-0.3, -0.25) is 0 Å². The minimum atomic E-state index is 0. The Hall–Kier alpha value is -1.60. The van der Waals surface area contributed by atoms with Gasteiger partial charge in [0.15, 0.2) is 0 Å².